The third-order valence-electron chi connectivity index (χ3n) is 4.77. The number of fused-ring (bicyclic) bond motifs is 1. The van der Waals surface area contributed by atoms with Crippen LogP contribution in [0.5, 0.6) is 11.5 Å². The number of ether oxygens (including phenoxy) is 2. The first-order valence-corrected chi connectivity index (χ1v) is 10.7. The number of aryl methyl sites for hydroxylation is 1. The summed E-state index contributed by atoms with van der Waals surface area (Å²) in [5.74, 6) is 1.15. The van der Waals surface area contributed by atoms with Gasteiger partial charge >= 0.3 is 0 Å². The van der Waals surface area contributed by atoms with Crippen LogP contribution in [-0.2, 0) is 9.59 Å². The number of amides is 2. The van der Waals surface area contributed by atoms with Gasteiger partial charge in [0.05, 0.1) is 4.91 Å². The zero-order valence-corrected chi connectivity index (χ0v) is 18.0. The molecule has 1 fully saturated rings. The van der Waals surface area contributed by atoms with Gasteiger partial charge in [-0.15, -0.1) is 0 Å². The van der Waals surface area contributed by atoms with Gasteiger partial charge in [-0.05, 0) is 48.7 Å². The molecule has 2 aromatic rings. The summed E-state index contributed by atoms with van der Waals surface area (Å²) in [5, 5.41) is 2.91. The minimum absolute atomic E-state index is 0.0781. The van der Waals surface area contributed by atoms with Crippen LogP contribution in [0, 0.1) is 6.92 Å². The van der Waals surface area contributed by atoms with Gasteiger partial charge in [-0.3, -0.25) is 14.5 Å². The fourth-order valence-electron chi connectivity index (χ4n) is 3.17. The SMILES string of the molecule is Cc1ccccc1NC(=O)CCCN1C(=O)/C(=C\c2ccc3c(c2)OCO3)SC1=S. The molecule has 0 saturated carbocycles. The third kappa shape index (κ3) is 4.49. The van der Waals surface area contributed by atoms with Gasteiger partial charge in [0.15, 0.2) is 11.5 Å². The Bertz CT molecular complexity index is 1050. The molecule has 0 atom stereocenters. The molecule has 2 heterocycles. The molecule has 0 bridgehead atoms. The fraction of sp³-hybridized carbons (Fsp3) is 0.227. The van der Waals surface area contributed by atoms with E-state index in [-0.39, 0.29) is 18.6 Å². The van der Waals surface area contributed by atoms with Crippen LogP contribution >= 0.6 is 24.0 Å². The molecule has 8 heteroatoms. The number of benzene rings is 2. The molecule has 2 amide bonds. The van der Waals surface area contributed by atoms with Crippen molar-refractivity contribution in [3.05, 3.63) is 58.5 Å². The van der Waals surface area contributed by atoms with Crippen molar-refractivity contribution >= 4 is 51.9 Å². The standard InChI is InChI=1S/C22H20N2O4S2/c1-14-5-2-3-6-16(14)23-20(25)7-4-10-24-21(26)19(30-22(24)29)12-15-8-9-17-18(11-15)28-13-27-17/h2-3,5-6,8-9,11-12H,4,7,10,13H2,1H3,(H,23,25)/b19-12+. The second kappa shape index (κ2) is 8.89. The first-order chi connectivity index (χ1) is 14.5. The van der Waals surface area contributed by atoms with Crippen LogP contribution in [0.4, 0.5) is 5.69 Å². The van der Waals surface area contributed by atoms with Gasteiger partial charge in [0.2, 0.25) is 12.7 Å². The van der Waals surface area contributed by atoms with Crippen LogP contribution in [0.1, 0.15) is 24.0 Å². The summed E-state index contributed by atoms with van der Waals surface area (Å²) in [6, 6.07) is 13.2. The van der Waals surface area contributed by atoms with Crippen LogP contribution in [0.15, 0.2) is 47.4 Å². The summed E-state index contributed by atoms with van der Waals surface area (Å²) in [7, 11) is 0. The van der Waals surface area contributed by atoms with Crippen molar-refractivity contribution in [2.45, 2.75) is 19.8 Å². The lowest BCUT2D eigenvalue weighted by Gasteiger charge is -2.14. The summed E-state index contributed by atoms with van der Waals surface area (Å²) in [6.45, 7) is 2.56. The first kappa shape index (κ1) is 20.4. The number of hydrogen-bond acceptors (Lipinski definition) is 6. The van der Waals surface area contributed by atoms with Crippen molar-refractivity contribution in [1.29, 1.82) is 0 Å². The van der Waals surface area contributed by atoms with Gasteiger partial charge in [0.1, 0.15) is 4.32 Å². The number of hydrogen-bond donors (Lipinski definition) is 1. The second-order valence-electron chi connectivity index (χ2n) is 6.91. The summed E-state index contributed by atoms with van der Waals surface area (Å²) in [6.07, 6.45) is 2.64. The van der Waals surface area contributed by atoms with Crippen LogP contribution < -0.4 is 14.8 Å². The Kier molecular flexibility index (Phi) is 6.06. The molecule has 154 valence electrons. The van der Waals surface area contributed by atoms with Crippen LogP contribution in [0.25, 0.3) is 6.08 Å². The molecule has 6 nitrogen and oxygen atoms in total. The number of thiocarbonyl (C=S) groups is 1. The maximum Gasteiger partial charge on any atom is 0.266 e. The van der Waals surface area contributed by atoms with Gasteiger partial charge in [-0.1, -0.05) is 48.2 Å². The normalized spacial score (nSPS) is 16.4. The van der Waals surface area contributed by atoms with Gasteiger partial charge in [0.25, 0.3) is 5.91 Å². The summed E-state index contributed by atoms with van der Waals surface area (Å²) in [5.41, 5.74) is 2.66. The number of thioether (sulfide) groups is 1. The van der Waals surface area contributed by atoms with Crippen molar-refractivity contribution < 1.29 is 19.1 Å². The molecule has 0 spiro atoms. The maximum absolute atomic E-state index is 12.8. The lowest BCUT2D eigenvalue weighted by molar-refractivity contribution is -0.122. The highest BCUT2D eigenvalue weighted by Gasteiger charge is 2.31. The molecule has 0 aliphatic carbocycles. The molecule has 0 aromatic heterocycles. The van der Waals surface area contributed by atoms with Gasteiger partial charge in [-0.2, -0.15) is 0 Å². The van der Waals surface area contributed by atoms with E-state index in [1.54, 1.807) is 11.0 Å². The summed E-state index contributed by atoms with van der Waals surface area (Å²) in [4.78, 5) is 27.1. The largest absolute Gasteiger partial charge is 0.454 e. The molecule has 1 N–H and O–H groups in total. The van der Waals surface area contributed by atoms with Gasteiger partial charge in [0, 0.05) is 18.7 Å². The van der Waals surface area contributed by atoms with Crippen molar-refractivity contribution in [1.82, 2.24) is 4.90 Å². The summed E-state index contributed by atoms with van der Waals surface area (Å²) >= 11 is 6.64. The van der Waals surface area contributed by atoms with E-state index in [1.807, 2.05) is 49.4 Å². The molecule has 0 radical (unpaired) electrons. The molecule has 0 unspecified atom stereocenters. The lowest BCUT2D eigenvalue weighted by atomic mass is 10.2. The highest BCUT2D eigenvalue weighted by atomic mass is 32.2. The average Bonchev–Trinajstić information content (AvgIpc) is 3.29. The minimum Gasteiger partial charge on any atom is -0.454 e. The quantitative estimate of drug-likeness (QED) is 0.532. The Hall–Kier alpha value is -2.84. The van der Waals surface area contributed by atoms with E-state index < -0.39 is 0 Å². The molecule has 2 aliphatic heterocycles. The molecule has 2 aromatic carbocycles. The molecular weight excluding hydrogens is 420 g/mol. The van der Waals surface area contributed by atoms with E-state index in [9.17, 15) is 9.59 Å². The third-order valence-corrected chi connectivity index (χ3v) is 6.15. The topological polar surface area (TPSA) is 67.9 Å². The first-order valence-electron chi connectivity index (χ1n) is 9.52. The Morgan fingerprint density at radius 2 is 2.03 bits per heavy atom. The van der Waals surface area contributed by atoms with Gasteiger partial charge in [-0.25, -0.2) is 0 Å². The zero-order valence-electron chi connectivity index (χ0n) is 16.3. The van der Waals surface area contributed by atoms with E-state index in [2.05, 4.69) is 5.32 Å². The Morgan fingerprint density at radius 3 is 2.87 bits per heavy atom. The predicted octanol–water partition coefficient (Wildman–Crippen LogP) is 4.34. The van der Waals surface area contributed by atoms with E-state index >= 15 is 0 Å². The predicted molar refractivity (Wildman–Crippen MR) is 121 cm³/mol. The molecule has 1 saturated heterocycles. The smallest absolute Gasteiger partial charge is 0.266 e. The van der Waals surface area contributed by atoms with Crippen molar-refractivity contribution in [3.63, 3.8) is 0 Å². The number of para-hydroxylation sites is 1. The number of carbonyl (C=O) groups excluding carboxylic acids is 2. The highest BCUT2D eigenvalue weighted by molar-refractivity contribution is 8.26. The summed E-state index contributed by atoms with van der Waals surface area (Å²) < 4.78 is 11.2. The highest BCUT2D eigenvalue weighted by Crippen LogP contribution is 2.36. The fourth-order valence-corrected chi connectivity index (χ4v) is 4.48. The van der Waals surface area contributed by atoms with E-state index in [0.29, 0.717) is 40.1 Å². The number of anilines is 1. The van der Waals surface area contributed by atoms with Gasteiger partial charge < -0.3 is 14.8 Å². The van der Waals surface area contributed by atoms with Crippen molar-refractivity contribution in [3.8, 4) is 11.5 Å². The molecule has 2 aliphatic rings. The number of nitrogens with zero attached hydrogens (tertiary/aromatic N) is 1. The van der Waals surface area contributed by atoms with Crippen LogP contribution in [0.3, 0.4) is 0 Å². The Morgan fingerprint density at radius 1 is 1.23 bits per heavy atom. The number of nitrogens with one attached hydrogen (secondary N) is 1. The monoisotopic (exact) mass is 440 g/mol. The van der Waals surface area contributed by atoms with Crippen LogP contribution in [0.2, 0.25) is 0 Å². The van der Waals surface area contributed by atoms with E-state index in [0.717, 1.165) is 16.8 Å². The van der Waals surface area contributed by atoms with E-state index in [1.165, 1.54) is 11.8 Å². The molecule has 4 rings (SSSR count). The Labute approximate surface area is 184 Å². The number of carbonyl (C=O) groups is 2. The second-order valence-corrected chi connectivity index (χ2v) is 8.59. The van der Waals surface area contributed by atoms with E-state index in [4.69, 9.17) is 21.7 Å². The maximum atomic E-state index is 12.8. The zero-order chi connectivity index (χ0) is 21.1. The van der Waals surface area contributed by atoms with Crippen molar-refractivity contribution in [2.75, 3.05) is 18.7 Å². The lowest BCUT2D eigenvalue weighted by Crippen LogP contribution is -2.29. The average molecular weight is 441 g/mol. The van der Waals surface area contributed by atoms with Crippen LogP contribution in [-0.4, -0.2) is 34.4 Å². The molecular formula is C22H20N2O4S2. The Balaban J connectivity index is 1.33. The minimum atomic E-state index is -0.137. The number of rotatable bonds is 6. The van der Waals surface area contributed by atoms with Crippen molar-refractivity contribution in [2.24, 2.45) is 0 Å². The molecule has 30 heavy (non-hydrogen) atoms.